The highest BCUT2D eigenvalue weighted by Crippen LogP contribution is 2.34. The van der Waals surface area contributed by atoms with E-state index in [2.05, 4.69) is 20.9 Å². The summed E-state index contributed by atoms with van der Waals surface area (Å²) in [6.07, 6.45) is 0. The van der Waals surface area contributed by atoms with Crippen LogP contribution in [0.15, 0.2) is 28.1 Å². The van der Waals surface area contributed by atoms with Gasteiger partial charge in [-0.25, -0.2) is 4.98 Å². The van der Waals surface area contributed by atoms with Gasteiger partial charge in [-0.3, -0.25) is 0 Å². The minimum absolute atomic E-state index is 0.432. The Labute approximate surface area is 105 Å². The van der Waals surface area contributed by atoms with Crippen LogP contribution in [0.4, 0.5) is 0 Å². The molecule has 1 heterocycles. The molecule has 0 N–H and O–H groups in total. The fraction of sp³-hybridized carbons (Fsp3) is 0.0909. The molecule has 0 aliphatic rings. The van der Waals surface area contributed by atoms with Gasteiger partial charge in [-0.15, -0.1) is 11.3 Å². The molecule has 0 bridgehead atoms. The largest absolute Gasteiger partial charge is 0.496 e. The van der Waals surface area contributed by atoms with Crippen LogP contribution >= 0.6 is 27.3 Å². The quantitative estimate of drug-likeness (QED) is 0.852. The van der Waals surface area contributed by atoms with Crippen LogP contribution < -0.4 is 4.74 Å². The Morgan fingerprint density at radius 2 is 2.31 bits per heavy atom. The third kappa shape index (κ3) is 2.08. The van der Waals surface area contributed by atoms with Crippen molar-refractivity contribution >= 4 is 27.3 Å². The van der Waals surface area contributed by atoms with Crippen molar-refractivity contribution < 1.29 is 4.74 Å². The molecule has 16 heavy (non-hydrogen) atoms. The Bertz CT molecular complexity index is 559. The molecule has 0 saturated heterocycles. The van der Waals surface area contributed by atoms with Crippen molar-refractivity contribution in [3.8, 4) is 22.4 Å². The number of halogens is 1. The molecule has 0 aliphatic carbocycles. The maximum absolute atomic E-state index is 8.73. The summed E-state index contributed by atoms with van der Waals surface area (Å²) in [6.45, 7) is 0. The molecule has 0 aliphatic heterocycles. The molecule has 0 fully saturated rings. The van der Waals surface area contributed by atoms with Gasteiger partial charge < -0.3 is 4.74 Å². The number of methoxy groups -OCH3 is 1. The molecule has 0 atom stereocenters. The third-order valence-corrected chi connectivity index (χ3v) is 3.38. The first kappa shape index (κ1) is 11.1. The number of hydrogen-bond acceptors (Lipinski definition) is 4. The van der Waals surface area contributed by atoms with E-state index in [1.165, 1.54) is 11.3 Å². The highest BCUT2D eigenvalue weighted by atomic mass is 79.9. The molecule has 1 aromatic carbocycles. The van der Waals surface area contributed by atoms with Gasteiger partial charge in [0.05, 0.1) is 12.7 Å². The van der Waals surface area contributed by atoms with E-state index in [-0.39, 0.29) is 0 Å². The van der Waals surface area contributed by atoms with Gasteiger partial charge >= 0.3 is 0 Å². The summed E-state index contributed by atoms with van der Waals surface area (Å²) in [5, 5.41) is 11.3. The molecule has 0 amide bonds. The van der Waals surface area contributed by atoms with Gasteiger partial charge in [0.15, 0.2) is 5.69 Å². The molecule has 80 valence electrons. The zero-order valence-electron chi connectivity index (χ0n) is 8.40. The molecule has 5 heteroatoms. The molecule has 1 aromatic heterocycles. The number of thiazole rings is 1. The number of ether oxygens (including phenoxy) is 1. The Hall–Kier alpha value is -1.38. The Morgan fingerprint density at radius 3 is 2.94 bits per heavy atom. The second-order valence-electron chi connectivity index (χ2n) is 2.99. The zero-order valence-corrected chi connectivity index (χ0v) is 10.8. The fourth-order valence-corrected chi connectivity index (χ4v) is 2.42. The van der Waals surface area contributed by atoms with Crippen molar-refractivity contribution in [2.45, 2.75) is 0 Å². The van der Waals surface area contributed by atoms with Crippen LogP contribution in [0.25, 0.3) is 10.6 Å². The Balaban J connectivity index is 2.54. The number of hydrogen-bond donors (Lipinski definition) is 0. The van der Waals surface area contributed by atoms with Crippen LogP contribution in [-0.2, 0) is 0 Å². The zero-order chi connectivity index (χ0) is 11.5. The number of aromatic nitrogens is 1. The van der Waals surface area contributed by atoms with Crippen molar-refractivity contribution in [1.82, 2.24) is 4.98 Å². The maximum atomic E-state index is 8.73. The van der Waals surface area contributed by atoms with Gasteiger partial charge in [0.1, 0.15) is 16.8 Å². The number of nitriles is 1. The average molecular weight is 295 g/mol. The van der Waals surface area contributed by atoms with E-state index in [4.69, 9.17) is 10.00 Å². The average Bonchev–Trinajstić information content (AvgIpc) is 2.77. The van der Waals surface area contributed by atoms with Crippen molar-refractivity contribution in [2.24, 2.45) is 0 Å². The van der Waals surface area contributed by atoms with Crippen LogP contribution in [0, 0.1) is 11.3 Å². The SMILES string of the molecule is COc1ccc(Br)cc1-c1nc(C#N)cs1. The standard InChI is InChI=1S/C11H7BrN2OS/c1-15-10-3-2-7(12)4-9(10)11-14-8(5-13)6-16-11/h2-4,6H,1H3. The summed E-state index contributed by atoms with van der Waals surface area (Å²) in [5.74, 6) is 0.752. The molecular formula is C11H7BrN2OS. The van der Waals surface area contributed by atoms with E-state index >= 15 is 0 Å². The monoisotopic (exact) mass is 294 g/mol. The fourth-order valence-electron chi connectivity index (χ4n) is 1.30. The third-order valence-electron chi connectivity index (χ3n) is 2.01. The van der Waals surface area contributed by atoms with Crippen molar-refractivity contribution in [2.75, 3.05) is 7.11 Å². The van der Waals surface area contributed by atoms with Crippen molar-refractivity contribution in [1.29, 1.82) is 5.26 Å². The van der Waals surface area contributed by atoms with E-state index in [0.29, 0.717) is 5.69 Å². The van der Waals surface area contributed by atoms with Crippen LogP contribution in [-0.4, -0.2) is 12.1 Å². The summed E-state index contributed by atoms with van der Waals surface area (Å²) in [6, 6.07) is 7.72. The molecule has 3 nitrogen and oxygen atoms in total. The summed E-state index contributed by atoms with van der Waals surface area (Å²) in [4.78, 5) is 4.21. The second-order valence-corrected chi connectivity index (χ2v) is 4.77. The predicted octanol–water partition coefficient (Wildman–Crippen LogP) is 3.45. The molecule has 0 radical (unpaired) electrons. The lowest BCUT2D eigenvalue weighted by Crippen LogP contribution is -1.87. The normalized spacial score (nSPS) is 9.81. The van der Waals surface area contributed by atoms with Crippen LogP contribution in [0.1, 0.15) is 5.69 Å². The van der Waals surface area contributed by atoms with E-state index in [1.54, 1.807) is 12.5 Å². The number of nitrogens with zero attached hydrogens (tertiary/aromatic N) is 2. The van der Waals surface area contributed by atoms with Gasteiger partial charge in [0, 0.05) is 9.85 Å². The predicted molar refractivity (Wildman–Crippen MR) is 66.5 cm³/mol. The highest BCUT2D eigenvalue weighted by molar-refractivity contribution is 9.10. The van der Waals surface area contributed by atoms with E-state index in [1.807, 2.05) is 24.3 Å². The van der Waals surface area contributed by atoms with E-state index < -0.39 is 0 Å². The first-order valence-electron chi connectivity index (χ1n) is 4.44. The summed E-state index contributed by atoms with van der Waals surface area (Å²) in [7, 11) is 1.62. The van der Waals surface area contributed by atoms with E-state index in [9.17, 15) is 0 Å². The van der Waals surface area contributed by atoms with Gasteiger partial charge in [-0.1, -0.05) is 15.9 Å². The van der Waals surface area contributed by atoms with Crippen molar-refractivity contribution in [3.63, 3.8) is 0 Å². The van der Waals surface area contributed by atoms with Gasteiger partial charge in [-0.2, -0.15) is 5.26 Å². The molecule has 0 saturated carbocycles. The summed E-state index contributed by atoms with van der Waals surface area (Å²) >= 11 is 4.83. The topological polar surface area (TPSA) is 45.9 Å². The molecule has 2 rings (SSSR count). The summed E-state index contributed by atoms with van der Waals surface area (Å²) < 4.78 is 6.22. The van der Waals surface area contributed by atoms with Crippen LogP contribution in [0.3, 0.4) is 0 Å². The highest BCUT2D eigenvalue weighted by Gasteiger charge is 2.10. The first-order valence-corrected chi connectivity index (χ1v) is 6.11. The van der Waals surface area contributed by atoms with Gasteiger partial charge in [-0.05, 0) is 18.2 Å². The minimum Gasteiger partial charge on any atom is -0.496 e. The number of benzene rings is 1. The number of rotatable bonds is 2. The lowest BCUT2D eigenvalue weighted by molar-refractivity contribution is 0.416. The Morgan fingerprint density at radius 1 is 1.50 bits per heavy atom. The second kappa shape index (κ2) is 4.64. The molecule has 2 aromatic rings. The smallest absolute Gasteiger partial charge is 0.152 e. The van der Waals surface area contributed by atoms with Crippen LogP contribution in [0.5, 0.6) is 5.75 Å². The molecular weight excluding hydrogens is 288 g/mol. The molecule has 0 unspecified atom stereocenters. The Kier molecular flexibility index (Phi) is 3.22. The molecule has 0 spiro atoms. The van der Waals surface area contributed by atoms with E-state index in [0.717, 1.165) is 20.8 Å². The first-order chi connectivity index (χ1) is 7.74. The minimum atomic E-state index is 0.432. The lowest BCUT2D eigenvalue weighted by Gasteiger charge is -2.05. The summed E-state index contributed by atoms with van der Waals surface area (Å²) in [5.41, 5.74) is 1.32. The van der Waals surface area contributed by atoms with Gasteiger partial charge in [0.2, 0.25) is 0 Å². The van der Waals surface area contributed by atoms with Crippen molar-refractivity contribution in [3.05, 3.63) is 33.7 Å². The maximum Gasteiger partial charge on any atom is 0.152 e. The van der Waals surface area contributed by atoms with Gasteiger partial charge in [0.25, 0.3) is 0 Å². The van der Waals surface area contributed by atoms with Crippen LogP contribution in [0.2, 0.25) is 0 Å². The lowest BCUT2D eigenvalue weighted by atomic mass is 10.2.